The van der Waals surface area contributed by atoms with Gasteiger partial charge in [-0.3, -0.25) is 4.79 Å². The molecule has 0 heterocycles. The molecule has 0 spiro atoms. The summed E-state index contributed by atoms with van der Waals surface area (Å²) in [6, 6.07) is 10.5. The van der Waals surface area contributed by atoms with Crippen LogP contribution in [0.1, 0.15) is 31.1 Å². The lowest BCUT2D eigenvalue weighted by Gasteiger charge is -2.15. The maximum absolute atomic E-state index is 12.5. The van der Waals surface area contributed by atoms with E-state index in [1.165, 1.54) is 24.3 Å². The van der Waals surface area contributed by atoms with Gasteiger partial charge in [0.25, 0.3) is 5.91 Å². The van der Waals surface area contributed by atoms with Crippen molar-refractivity contribution in [3.63, 3.8) is 0 Å². The van der Waals surface area contributed by atoms with Gasteiger partial charge in [0.05, 0.1) is 17.2 Å². The van der Waals surface area contributed by atoms with Crippen LogP contribution < -0.4 is 14.8 Å². The van der Waals surface area contributed by atoms with Gasteiger partial charge in [-0.1, -0.05) is 17.7 Å². The Kier molecular flexibility index (Phi) is 6.63. The van der Waals surface area contributed by atoms with Crippen molar-refractivity contribution < 1.29 is 17.9 Å². The Labute approximate surface area is 158 Å². The Morgan fingerprint density at radius 1 is 1.19 bits per heavy atom. The molecule has 1 amide bonds. The minimum atomic E-state index is -3.70. The summed E-state index contributed by atoms with van der Waals surface area (Å²) in [5.74, 6) is -0.0359. The van der Waals surface area contributed by atoms with Crippen molar-refractivity contribution in [3.8, 4) is 5.75 Å². The molecule has 6 nitrogen and oxygen atoms in total. The zero-order valence-electron chi connectivity index (χ0n) is 14.7. The molecule has 2 N–H and O–H groups in total. The van der Waals surface area contributed by atoms with Gasteiger partial charge in [0.2, 0.25) is 10.0 Å². The van der Waals surface area contributed by atoms with Gasteiger partial charge in [-0.15, -0.1) is 0 Å². The Morgan fingerprint density at radius 2 is 1.92 bits per heavy atom. The second-order valence-electron chi connectivity index (χ2n) is 5.83. The van der Waals surface area contributed by atoms with Crippen LogP contribution in [0.25, 0.3) is 0 Å². The summed E-state index contributed by atoms with van der Waals surface area (Å²) >= 11 is 5.91. The highest BCUT2D eigenvalue weighted by Gasteiger charge is 2.19. The lowest BCUT2D eigenvalue weighted by atomic mass is 10.2. The van der Waals surface area contributed by atoms with Crippen LogP contribution in [-0.2, 0) is 10.0 Å². The van der Waals surface area contributed by atoms with E-state index in [1.54, 1.807) is 39.0 Å². The van der Waals surface area contributed by atoms with Gasteiger partial charge in [-0.25, -0.2) is 13.1 Å². The highest BCUT2D eigenvalue weighted by molar-refractivity contribution is 7.89. The largest absolute Gasteiger partial charge is 0.492 e. The standard InChI is InChI=1S/C18H21ClN2O4S/c1-4-25-17-9-8-15(26(23,24)21-12(2)3)11-16(17)20-18(22)13-6-5-7-14(19)10-13/h5-12,21H,4H2,1-3H3,(H,20,22). The van der Waals surface area contributed by atoms with Gasteiger partial charge in [0.1, 0.15) is 5.75 Å². The highest BCUT2D eigenvalue weighted by atomic mass is 35.5. The van der Waals surface area contributed by atoms with Crippen LogP contribution >= 0.6 is 11.6 Å². The number of halogens is 1. The molecule has 0 aromatic heterocycles. The summed E-state index contributed by atoms with van der Waals surface area (Å²) in [6.07, 6.45) is 0. The van der Waals surface area contributed by atoms with Crippen LogP contribution in [0.4, 0.5) is 5.69 Å². The molecule has 26 heavy (non-hydrogen) atoms. The second kappa shape index (κ2) is 8.53. The number of nitrogens with one attached hydrogen (secondary N) is 2. The van der Waals surface area contributed by atoms with Gasteiger partial charge in [-0.2, -0.15) is 0 Å². The van der Waals surface area contributed by atoms with Gasteiger partial charge >= 0.3 is 0 Å². The quantitative estimate of drug-likeness (QED) is 0.747. The van der Waals surface area contributed by atoms with E-state index in [0.29, 0.717) is 22.9 Å². The monoisotopic (exact) mass is 396 g/mol. The first-order valence-electron chi connectivity index (χ1n) is 8.09. The van der Waals surface area contributed by atoms with Gasteiger partial charge < -0.3 is 10.1 Å². The Hall–Kier alpha value is -2.09. The number of sulfonamides is 1. The first kappa shape index (κ1) is 20.2. The average Bonchev–Trinajstić information content (AvgIpc) is 2.55. The van der Waals surface area contributed by atoms with Gasteiger partial charge in [0.15, 0.2) is 0 Å². The van der Waals surface area contributed by atoms with E-state index >= 15 is 0 Å². The lowest BCUT2D eigenvalue weighted by molar-refractivity contribution is 0.102. The zero-order valence-corrected chi connectivity index (χ0v) is 16.3. The van der Waals surface area contributed by atoms with E-state index in [4.69, 9.17) is 16.3 Å². The molecular formula is C18H21ClN2O4S. The number of benzene rings is 2. The Bertz CT molecular complexity index is 898. The van der Waals surface area contributed by atoms with E-state index < -0.39 is 15.9 Å². The minimum absolute atomic E-state index is 0.0380. The molecule has 140 valence electrons. The third-order valence-corrected chi connectivity index (χ3v) is 5.18. The predicted octanol–water partition coefficient (Wildman–Crippen LogP) is 3.68. The van der Waals surface area contributed by atoms with Crippen molar-refractivity contribution in [1.82, 2.24) is 4.72 Å². The molecule has 2 aromatic carbocycles. The first-order chi connectivity index (χ1) is 12.2. The van der Waals surface area contributed by atoms with Crippen molar-refractivity contribution in [2.24, 2.45) is 0 Å². The van der Waals surface area contributed by atoms with Gasteiger partial charge in [0, 0.05) is 16.6 Å². The molecule has 0 aliphatic rings. The average molecular weight is 397 g/mol. The molecule has 0 radical (unpaired) electrons. The molecule has 0 aliphatic carbocycles. The highest BCUT2D eigenvalue weighted by Crippen LogP contribution is 2.28. The number of amides is 1. The predicted molar refractivity (Wildman–Crippen MR) is 102 cm³/mol. The molecule has 8 heteroatoms. The minimum Gasteiger partial charge on any atom is -0.492 e. The molecule has 2 rings (SSSR count). The van der Waals surface area contributed by atoms with Crippen LogP contribution in [0.5, 0.6) is 5.75 Å². The third-order valence-electron chi connectivity index (χ3n) is 3.29. The SMILES string of the molecule is CCOc1ccc(S(=O)(=O)NC(C)C)cc1NC(=O)c1cccc(Cl)c1. The number of ether oxygens (including phenoxy) is 1. The summed E-state index contributed by atoms with van der Waals surface area (Å²) in [4.78, 5) is 12.5. The number of hydrogen-bond donors (Lipinski definition) is 2. The Balaban J connectivity index is 2.38. The number of hydrogen-bond acceptors (Lipinski definition) is 4. The topological polar surface area (TPSA) is 84.5 Å². The lowest BCUT2D eigenvalue weighted by Crippen LogP contribution is -2.30. The molecular weight excluding hydrogens is 376 g/mol. The molecule has 0 fully saturated rings. The normalized spacial score (nSPS) is 11.4. The summed E-state index contributed by atoms with van der Waals surface area (Å²) in [5, 5.41) is 3.12. The summed E-state index contributed by atoms with van der Waals surface area (Å²) in [5.41, 5.74) is 0.622. The van der Waals surface area contributed by atoms with E-state index in [-0.39, 0.29) is 16.6 Å². The number of carbonyl (C=O) groups excluding carboxylic acids is 1. The molecule has 0 saturated carbocycles. The fourth-order valence-electron chi connectivity index (χ4n) is 2.26. The van der Waals surface area contributed by atoms with Crippen LogP contribution in [0.3, 0.4) is 0 Å². The van der Waals surface area contributed by atoms with Crippen LogP contribution in [0.2, 0.25) is 5.02 Å². The van der Waals surface area contributed by atoms with Crippen molar-refractivity contribution in [1.29, 1.82) is 0 Å². The number of carbonyl (C=O) groups is 1. The van der Waals surface area contributed by atoms with Crippen LogP contribution in [-0.4, -0.2) is 27.0 Å². The van der Waals surface area contributed by atoms with Crippen molar-refractivity contribution in [2.75, 3.05) is 11.9 Å². The molecule has 2 aromatic rings. The summed E-state index contributed by atoms with van der Waals surface area (Å²) < 4.78 is 32.8. The zero-order chi connectivity index (χ0) is 19.3. The molecule has 0 bridgehead atoms. The summed E-state index contributed by atoms with van der Waals surface area (Å²) in [7, 11) is -3.70. The van der Waals surface area contributed by atoms with Gasteiger partial charge in [-0.05, 0) is 57.2 Å². The molecule has 0 atom stereocenters. The van der Waals surface area contributed by atoms with Crippen molar-refractivity contribution in [3.05, 3.63) is 53.1 Å². The van der Waals surface area contributed by atoms with E-state index in [9.17, 15) is 13.2 Å². The fraction of sp³-hybridized carbons (Fsp3) is 0.278. The van der Waals surface area contributed by atoms with Crippen LogP contribution in [0, 0.1) is 0 Å². The third kappa shape index (κ3) is 5.20. The van der Waals surface area contributed by atoms with Crippen molar-refractivity contribution in [2.45, 2.75) is 31.7 Å². The fourth-order valence-corrected chi connectivity index (χ4v) is 3.73. The van der Waals surface area contributed by atoms with E-state index in [1.807, 2.05) is 0 Å². The Morgan fingerprint density at radius 3 is 2.54 bits per heavy atom. The molecule has 0 unspecified atom stereocenters. The van der Waals surface area contributed by atoms with E-state index in [0.717, 1.165) is 0 Å². The molecule has 0 saturated heterocycles. The number of rotatable bonds is 7. The maximum atomic E-state index is 12.5. The number of anilines is 1. The van der Waals surface area contributed by atoms with Crippen LogP contribution in [0.15, 0.2) is 47.4 Å². The molecule has 0 aliphatic heterocycles. The van der Waals surface area contributed by atoms with Crippen molar-refractivity contribution >= 4 is 33.2 Å². The summed E-state index contributed by atoms with van der Waals surface area (Å²) in [6.45, 7) is 5.63. The maximum Gasteiger partial charge on any atom is 0.255 e. The smallest absolute Gasteiger partial charge is 0.255 e. The first-order valence-corrected chi connectivity index (χ1v) is 9.95. The van der Waals surface area contributed by atoms with E-state index in [2.05, 4.69) is 10.0 Å². The second-order valence-corrected chi connectivity index (χ2v) is 7.98.